The lowest BCUT2D eigenvalue weighted by atomic mass is 9.95. The summed E-state index contributed by atoms with van der Waals surface area (Å²) in [5.41, 5.74) is -1.35. The summed E-state index contributed by atoms with van der Waals surface area (Å²) in [5, 5.41) is 5.15. The highest BCUT2D eigenvalue weighted by atomic mass is 19.4. The number of rotatable bonds is 5. The monoisotopic (exact) mass is 440 g/mol. The quantitative estimate of drug-likeness (QED) is 0.650. The molecule has 9 heteroatoms. The van der Waals surface area contributed by atoms with E-state index in [2.05, 4.69) is 10.6 Å². The molecule has 0 spiro atoms. The van der Waals surface area contributed by atoms with Gasteiger partial charge in [-0.05, 0) is 48.7 Å². The van der Waals surface area contributed by atoms with Gasteiger partial charge in [-0.15, -0.1) is 0 Å². The molecule has 1 unspecified atom stereocenters. The Morgan fingerprint density at radius 3 is 2.29 bits per heavy atom. The number of nitrogens with one attached hydrogen (secondary N) is 2. The van der Waals surface area contributed by atoms with Crippen molar-refractivity contribution in [2.75, 3.05) is 0 Å². The second-order valence-electron chi connectivity index (χ2n) is 7.50. The Morgan fingerprint density at radius 1 is 0.935 bits per heavy atom. The molecule has 0 aliphatic heterocycles. The molecule has 4 nitrogen and oxygen atoms in total. The number of hydrogen-bond donors (Lipinski definition) is 2. The highest BCUT2D eigenvalue weighted by molar-refractivity contribution is 5.98. The van der Waals surface area contributed by atoms with E-state index in [4.69, 9.17) is 0 Å². The van der Waals surface area contributed by atoms with Gasteiger partial charge in [-0.25, -0.2) is 8.78 Å². The standard InChI is InChI=1S/C22H21F5N2O2/c23-17-10-9-13(12-18(17)24)19(21(31)28-16-7-2-1-3-8-16)29-20(30)14-5-4-6-15(11-14)22(25,26)27/h4-6,9-12,16,19H,1-3,7-8H2,(H,28,31)(H,29,30). The average molecular weight is 440 g/mol. The van der Waals surface area contributed by atoms with Crippen molar-refractivity contribution < 1.29 is 31.5 Å². The van der Waals surface area contributed by atoms with Gasteiger partial charge in [0.05, 0.1) is 5.56 Å². The van der Waals surface area contributed by atoms with Crippen LogP contribution in [0.15, 0.2) is 42.5 Å². The van der Waals surface area contributed by atoms with E-state index in [1.54, 1.807) is 0 Å². The van der Waals surface area contributed by atoms with Crippen molar-refractivity contribution in [3.05, 3.63) is 70.8 Å². The normalized spacial score (nSPS) is 15.9. The molecule has 2 aromatic carbocycles. The van der Waals surface area contributed by atoms with E-state index in [-0.39, 0.29) is 17.2 Å². The van der Waals surface area contributed by atoms with Gasteiger partial charge in [0.1, 0.15) is 6.04 Å². The number of carbonyl (C=O) groups is 2. The Kier molecular flexibility index (Phi) is 6.92. The summed E-state index contributed by atoms with van der Waals surface area (Å²) < 4.78 is 66.0. The minimum absolute atomic E-state index is 0.0208. The smallest absolute Gasteiger partial charge is 0.351 e. The highest BCUT2D eigenvalue weighted by Gasteiger charge is 2.32. The average Bonchev–Trinajstić information content (AvgIpc) is 2.74. The van der Waals surface area contributed by atoms with E-state index in [0.29, 0.717) is 6.07 Å². The Bertz CT molecular complexity index is 955. The van der Waals surface area contributed by atoms with Crippen LogP contribution in [0.25, 0.3) is 0 Å². The fraction of sp³-hybridized carbons (Fsp3) is 0.364. The molecular formula is C22H21F5N2O2. The molecule has 1 atom stereocenters. The van der Waals surface area contributed by atoms with Crippen LogP contribution in [0.4, 0.5) is 22.0 Å². The van der Waals surface area contributed by atoms with Crippen molar-refractivity contribution in [3.63, 3.8) is 0 Å². The number of carbonyl (C=O) groups excluding carboxylic acids is 2. The number of alkyl halides is 3. The molecule has 0 heterocycles. The first-order valence-electron chi connectivity index (χ1n) is 9.88. The molecule has 2 aromatic rings. The first-order valence-corrected chi connectivity index (χ1v) is 9.88. The molecule has 166 valence electrons. The van der Waals surface area contributed by atoms with Gasteiger partial charge in [-0.2, -0.15) is 13.2 Å². The van der Waals surface area contributed by atoms with Crippen LogP contribution in [0.5, 0.6) is 0 Å². The van der Waals surface area contributed by atoms with Gasteiger partial charge in [0, 0.05) is 11.6 Å². The maximum absolute atomic E-state index is 13.8. The van der Waals surface area contributed by atoms with Gasteiger partial charge >= 0.3 is 6.18 Å². The summed E-state index contributed by atoms with van der Waals surface area (Å²) in [6.45, 7) is 0. The molecule has 0 radical (unpaired) electrons. The van der Waals surface area contributed by atoms with Crippen molar-refractivity contribution >= 4 is 11.8 Å². The van der Waals surface area contributed by atoms with Crippen LogP contribution in [0, 0.1) is 11.6 Å². The van der Waals surface area contributed by atoms with Crippen LogP contribution in [0.3, 0.4) is 0 Å². The summed E-state index contributed by atoms with van der Waals surface area (Å²) in [6.07, 6.45) is -0.246. The summed E-state index contributed by atoms with van der Waals surface area (Å²) >= 11 is 0. The number of benzene rings is 2. The molecule has 0 bridgehead atoms. The third-order valence-electron chi connectivity index (χ3n) is 5.22. The molecule has 0 aromatic heterocycles. The third-order valence-corrected chi connectivity index (χ3v) is 5.22. The lowest BCUT2D eigenvalue weighted by Crippen LogP contribution is -2.45. The van der Waals surface area contributed by atoms with E-state index < -0.39 is 41.2 Å². The lowest BCUT2D eigenvalue weighted by Gasteiger charge is -2.26. The van der Waals surface area contributed by atoms with Crippen LogP contribution in [-0.4, -0.2) is 17.9 Å². The Morgan fingerprint density at radius 2 is 1.65 bits per heavy atom. The first-order chi connectivity index (χ1) is 14.6. The molecule has 1 saturated carbocycles. The second-order valence-corrected chi connectivity index (χ2v) is 7.50. The Balaban J connectivity index is 1.86. The van der Waals surface area contributed by atoms with Crippen molar-refractivity contribution in [1.82, 2.24) is 10.6 Å². The van der Waals surface area contributed by atoms with E-state index in [1.165, 1.54) is 6.07 Å². The molecule has 2 N–H and O–H groups in total. The molecule has 1 aliphatic carbocycles. The lowest BCUT2D eigenvalue weighted by molar-refractivity contribution is -0.137. The largest absolute Gasteiger partial charge is 0.416 e. The van der Waals surface area contributed by atoms with Gasteiger partial charge in [0.15, 0.2) is 11.6 Å². The Labute approximate surface area is 175 Å². The number of halogens is 5. The van der Waals surface area contributed by atoms with Crippen LogP contribution in [0.1, 0.15) is 59.6 Å². The molecule has 2 amide bonds. The van der Waals surface area contributed by atoms with Gasteiger partial charge in [-0.3, -0.25) is 9.59 Å². The van der Waals surface area contributed by atoms with E-state index in [1.807, 2.05) is 0 Å². The summed E-state index contributed by atoms with van der Waals surface area (Å²) in [4.78, 5) is 25.5. The summed E-state index contributed by atoms with van der Waals surface area (Å²) in [6, 6.07) is 4.96. The Hall–Kier alpha value is -2.97. The predicted molar refractivity (Wildman–Crippen MR) is 103 cm³/mol. The zero-order valence-corrected chi connectivity index (χ0v) is 16.4. The first kappa shape index (κ1) is 22.7. The maximum Gasteiger partial charge on any atom is 0.416 e. The molecule has 0 saturated heterocycles. The third kappa shape index (κ3) is 5.80. The molecule has 1 aliphatic rings. The van der Waals surface area contributed by atoms with Crippen molar-refractivity contribution in [3.8, 4) is 0 Å². The van der Waals surface area contributed by atoms with E-state index >= 15 is 0 Å². The summed E-state index contributed by atoms with van der Waals surface area (Å²) in [7, 11) is 0. The number of hydrogen-bond acceptors (Lipinski definition) is 2. The summed E-state index contributed by atoms with van der Waals surface area (Å²) in [5.74, 6) is -3.92. The van der Waals surface area contributed by atoms with Crippen molar-refractivity contribution in [2.45, 2.75) is 50.4 Å². The zero-order valence-electron chi connectivity index (χ0n) is 16.4. The topological polar surface area (TPSA) is 58.2 Å². The fourth-order valence-electron chi connectivity index (χ4n) is 3.57. The van der Waals surface area contributed by atoms with E-state index in [9.17, 15) is 31.5 Å². The molecular weight excluding hydrogens is 419 g/mol. The second kappa shape index (κ2) is 9.45. The molecule has 31 heavy (non-hydrogen) atoms. The minimum Gasteiger partial charge on any atom is -0.351 e. The highest BCUT2D eigenvalue weighted by Crippen LogP contribution is 2.29. The van der Waals surface area contributed by atoms with Crippen molar-refractivity contribution in [1.29, 1.82) is 0 Å². The van der Waals surface area contributed by atoms with Gasteiger partial charge in [0.2, 0.25) is 5.91 Å². The van der Waals surface area contributed by atoms with Gasteiger partial charge < -0.3 is 10.6 Å². The van der Waals surface area contributed by atoms with Gasteiger partial charge in [0.25, 0.3) is 5.91 Å². The molecule has 1 fully saturated rings. The van der Waals surface area contributed by atoms with Crippen LogP contribution in [-0.2, 0) is 11.0 Å². The predicted octanol–water partition coefficient (Wildman–Crippen LogP) is 4.90. The SMILES string of the molecule is O=C(NC(C(=O)NC1CCCCC1)c1ccc(F)c(F)c1)c1cccc(C(F)(F)F)c1. The zero-order chi connectivity index (χ0) is 22.6. The van der Waals surface area contributed by atoms with Crippen LogP contribution in [0.2, 0.25) is 0 Å². The van der Waals surface area contributed by atoms with Crippen LogP contribution < -0.4 is 10.6 Å². The van der Waals surface area contributed by atoms with Crippen molar-refractivity contribution in [2.24, 2.45) is 0 Å². The minimum atomic E-state index is -4.64. The van der Waals surface area contributed by atoms with Crippen LogP contribution >= 0.6 is 0 Å². The van der Waals surface area contributed by atoms with Gasteiger partial charge in [-0.1, -0.05) is 31.4 Å². The molecule has 3 rings (SSSR count). The maximum atomic E-state index is 13.8. The fourth-order valence-corrected chi connectivity index (χ4v) is 3.57. The van der Waals surface area contributed by atoms with E-state index in [0.717, 1.165) is 62.4 Å². The number of amides is 2.